The Morgan fingerprint density at radius 2 is 2.18 bits per heavy atom. The van der Waals surface area contributed by atoms with Gasteiger partial charge in [0, 0.05) is 18.3 Å². The lowest BCUT2D eigenvalue weighted by Crippen LogP contribution is -2.70. The number of nitrogens with zero attached hydrogens (tertiary/aromatic N) is 1. The smallest absolute Gasteiger partial charge is 0.405 e. The van der Waals surface area contributed by atoms with Crippen LogP contribution >= 0.6 is 0 Å². The molecule has 0 aromatic carbocycles. The number of carboxylic acid groups (broad SMARTS) is 2. The minimum Gasteiger partial charge on any atom is -0.465 e. The van der Waals surface area contributed by atoms with Crippen LogP contribution in [-0.4, -0.2) is 46.5 Å². The summed E-state index contributed by atoms with van der Waals surface area (Å²) in [6, 6.07) is 0.925. The van der Waals surface area contributed by atoms with E-state index in [4.69, 9.17) is 10.8 Å². The van der Waals surface area contributed by atoms with Gasteiger partial charge >= 0.3 is 12.2 Å². The second-order valence-electron chi connectivity index (χ2n) is 5.40. The van der Waals surface area contributed by atoms with Gasteiger partial charge in [-0.15, -0.1) is 0 Å². The molecule has 0 spiro atoms. The molecular formula is C13H19N5O4. The van der Waals surface area contributed by atoms with Gasteiger partial charge in [-0.2, -0.15) is 0 Å². The fourth-order valence-corrected chi connectivity index (χ4v) is 3.06. The monoisotopic (exact) mass is 309 g/mol. The lowest BCUT2D eigenvalue weighted by Gasteiger charge is -2.47. The van der Waals surface area contributed by atoms with Crippen LogP contribution < -0.4 is 21.7 Å². The van der Waals surface area contributed by atoms with Crippen molar-refractivity contribution < 1.29 is 19.8 Å². The standard InChI is InChI=1S/C13H19N5O4/c1-7-4-16-6-13(18-12(21)22,10(7)17-11(19)20)8-2-3-15-5-9(8)14/h2-3,5,7,10,16-18H,4,6,14H2,1H3,(H,19,20)(H,21,22)/t7?,10?,13-/m0/s1. The quantitative estimate of drug-likeness (QED) is 0.460. The molecule has 1 aliphatic rings. The fourth-order valence-electron chi connectivity index (χ4n) is 3.06. The van der Waals surface area contributed by atoms with Crippen LogP contribution in [0.4, 0.5) is 15.3 Å². The summed E-state index contributed by atoms with van der Waals surface area (Å²) in [6.07, 6.45) is 0.429. The molecule has 1 aromatic rings. The van der Waals surface area contributed by atoms with Gasteiger partial charge < -0.3 is 31.9 Å². The number of anilines is 1. The average molecular weight is 309 g/mol. The summed E-state index contributed by atoms with van der Waals surface area (Å²) in [6.45, 7) is 2.60. The van der Waals surface area contributed by atoms with Crippen LogP contribution in [0.1, 0.15) is 12.5 Å². The van der Waals surface area contributed by atoms with E-state index in [0.29, 0.717) is 17.8 Å². The van der Waals surface area contributed by atoms with Crippen LogP contribution in [0.15, 0.2) is 18.5 Å². The third kappa shape index (κ3) is 2.89. The Labute approximate surface area is 126 Å². The molecule has 9 nitrogen and oxygen atoms in total. The second-order valence-corrected chi connectivity index (χ2v) is 5.40. The van der Waals surface area contributed by atoms with Gasteiger partial charge in [-0.25, -0.2) is 9.59 Å². The molecule has 2 unspecified atom stereocenters. The largest absolute Gasteiger partial charge is 0.465 e. The normalized spacial score (nSPS) is 27.9. The van der Waals surface area contributed by atoms with Crippen molar-refractivity contribution in [2.75, 3.05) is 18.8 Å². The highest BCUT2D eigenvalue weighted by Crippen LogP contribution is 2.34. The van der Waals surface area contributed by atoms with E-state index < -0.39 is 23.8 Å². The van der Waals surface area contributed by atoms with E-state index in [-0.39, 0.29) is 12.5 Å². The molecule has 1 saturated heterocycles. The maximum absolute atomic E-state index is 11.3. The zero-order valence-electron chi connectivity index (χ0n) is 12.0. The summed E-state index contributed by atoms with van der Waals surface area (Å²) in [5.74, 6) is -0.149. The van der Waals surface area contributed by atoms with Crippen LogP contribution in [-0.2, 0) is 5.54 Å². The van der Waals surface area contributed by atoms with Crippen molar-refractivity contribution in [2.24, 2.45) is 5.92 Å². The highest BCUT2D eigenvalue weighted by Gasteiger charge is 2.48. The third-order valence-electron chi connectivity index (χ3n) is 3.91. The van der Waals surface area contributed by atoms with Gasteiger partial charge in [0.05, 0.1) is 17.9 Å². The first-order valence-electron chi connectivity index (χ1n) is 6.78. The van der Waals surface area contributed by atoms with Gasteiger partial charge in [0.2, 0.25) is 0 Å². The van der Waals surface area contributed by atoms with Crippen LogP contribution in [0.2, 0.25) is 0 Å². The minimum absolute atomic E-state index is 0.149. The van der Waals surface area contributed by atoms with E-state index in [1.165, 1.54) is 12.4 Å². The number of hydrogen-bond donors (Lipinski definition) is 6. The summed E-state index contributed by atoms with van der Waals surface area (Å²) >= 11 is 0. The third-order valence-corrected chi connectivity index (χ3v) is 3.91. The van der Waals surface area contributed by atoms with E-state index in [1.807, 2.05) is 6.92 Å². The Hall–Kier alpha value is -2.55. The van der Waals surface area contributed by atoms with E-state index in [2.05, 4.69) is 20.9 Å². The molecule has 1 aromatic heterocycles. The summed E-state index contributed by atoms with van der Waals surface area (Å²) in [7, 11) is 0. The first-order valence-corrected chi connectivity index (χ1v) is 6.78. The molecular weight excluding hydrogens is 290 g/mol. The van der Waals surface area contributed by atoms with Crippen molar-refractivity contribution in [2.45, 2.75) is 18.5 Å². The van der Waals surface area contributed by atoms with Gasteiger partial charge in [0.15, 0.2) is 0 Å². The van der Waals surface area contributed by atoms with Gasteiger partial charge in [-0.1, -0.05) is 6.92 Å². The van der Waals surface area contributed by atoms with Gasteiger partial charge in [-0.3, -0.25) is 4.98 Å². The summed E-state index contributed by atoms with van der Waals surface area (Å²) in [5.41, 5.74) is 5.52. The SMILES string of the molecule is CC1CNC[C@](NC(=O)O)(c2ccncc2N)C1NC(=O)O. The van der Waals surface area contributed by atoms with Crippen molar-refractivity contribution in [3.63, 3.8) is 0 Å². The van der Waals surface area contributed by atoms with Crippen molar-refractivity contribution >= 4 is 17.9 Å². The summed E-state index contributed by atoms with van der Waals surface area (Å²) < 4.78 is 0. The number of nitrogens with two attached hydrogens (primary N) is 1. The predicted octanol–water partition coefficient (Wildman–Crippen LogP) is 0.00220. The molecule has 3 atom stereocenters. The van der Waals surface area contributed by atoms with Crippen LogP contribution in [0.5, 0.6) is 0 Å². The lowest BCUT2D eigenvalue weighted by atomic mass is 9.74. The van der Waals surface area contributed by atoms with Crippen molar-refractivity contribution in [3.8, 4) is 0 Å². The Balaban J connectivity index is 2.57. The molecule has 9 heteroatoms. The molecule has 0 saturated carbocycles. The number of carbonyl (C=O) groups is 2. The Morgan fingerprint density at radius 3 is 2.77 bits per heavy atom. The Morgan fingerprint density at radius 1 is 1.45 bits per heavy atom. The first kappa shape index (κ1) is 15.8. The number of aromatic nitrogens is 1. The van der Waals surface area contributed by atoms with Gasteiger partial charge in [0.1, 0.15) is 5.54 Å². The molecule has 0 aliphatic carbocycles. The molecule has 2 heterocycles. The number of hydrogen-bond acceptors (Lipinski definition) is 5. The summed E-state index contributed by atoms with van der Waals surface area (Å²) in [5, 5.41) is 26.4. The highest BCUT2D eigenvalue weighted by atomic mass is 16.4. The van der Waals surface area contributed by atoms with E-state index in [1.54, 1.807) is 6.07 Å². The van der Waals surface area contributed by atoms with E-state index in [9.17, 15) is 14.7 Å². The van der Waals surface area contributed by atoms with Crippen LogP contribution in [0.25, 0.3) is 0 Å². The van der Waals surface area contributed by atoms with Crippen molar-refractivity contribution in [3.05, 3.63) is 24.0 Å². The first-order chi connectivity index (χ1) is 10.4. The summed E-state index contributed by atoms with van der Waals surface area (Å²) in [4.78, 5) is 26.4. The molecule has 22 heavy (non-hydrogen) atoms. The molecule has 0 radical (unpaired) electrons. The molecule has 1 fully saturated rings. The van der Waals surface area contributed by atoms with Crippen LogP contribution in [0, 0.1) is 5.92 Å². The van der Waals surface area contributed by atoms with Crippen LogP contribution in [0.3, 0.4) is 0 Å². The second kappa shape index (κ2) is 6.06. The van der Waals surface area contributed by atoms with Gasteiger partial charge in [-0.05, 0) is 18.5 Å². The average Bonchev–Trinajstić information content (AvgIpc) is 2.42. The van der Waals surface area contributed by atoms with Gasteiger partial charge in [0.25, 0.3) is 0 Å². The molecule has 120 valence electrons. The molecule has 1 aliphatic heterocycles. The number of piperidine rings is 1. The Bertz CT molecular complexity index is 581. The zero-order valence-corrected chi connectivity index (χ0v) is 12.0. The molecule has 2 rings (SSSR count). The number of amides is 2. The fraction of sp³-hybridized carbons (Fsp3) is 0.462. The predicted molar refractivity (Wildman–Crippen MR) is 78.5 cm³/mol. The number of rotatable bonds is 3. The maximum atomic E-state index is 11.3. The molecule has 2 amide bonds. The number of pyridine rings is 1. The van der Waals surface area contributed by atoms with Crippen molar-refractivity contribution in [1.82, 2.24) is 20.9 Å². The Kier molecular flexibility index (Phi) is 4.36. The molecule has 0 bridgehead atoms. The maximum Gasteiger partial charge on any atom is 0.405 e. The lowest BCUT2D eigenvalue weighted by molar-refractivity contribution is 0.114. The zero-order chi connectivity index (χ0) is 16.3. The highest BCUT2D eigenvalue weighted by molar-refractivity contribution is 5.70. The van der Waals surface area contributed by atoms with E-state index >= 15 is 0 Å². The molecule has 7 N–H and O–H groups in total. The van der Waals surface area contributed by atoms with Crippen molar-refractivity contribution in [1.29, 1.82) is 0 Å². The topological polar surface area (TPSA) is 150 Å². The van der Waals surface area contributed by atoms with E-state index in [0.717, 1.165) is 0 Å². The number of nitrogens with one attached hydrogen (secondary N) is 3. The number of nitrogen functional groups attached to an aromatic ring is 1. The minimum atomic E-state index is -1.26.